The predicted octanol–water partition coefficient (Wildman–Crippen LogP) is 4.33. The van der Waals surface area contributed by atoms with Crippen molar-refractivity contribution < 1.29 is 19.1 Å². The van der Waals surface area contributed by atoms with E-state index in [4.69, 9.17) is 28.9 Å². The lowest BCUT2D eigenvalue weighted by Crippen LogP contribution is -2.29. The van der Waals surface area contributed by atoms with E-state index in [1.54, 1.807) is 6.07 Å². The standard InChI is InChI=1S/C16H15ClFNO3S2/c17-11-5-4-6-12(18)10(11)9-13-15(22)19(16(23)24-13)8-3-1-2-7-14(20)21/h4-6,9H,1-3,7-8H2,(H,20,21). The number of thiocarbonyl (C=S) groups is 1. The second kappa shape index (κ2) is 8.60. The van der Waals surface area contributed by atoms with Gasteiger partial charge < -0.3 is 5.11 Å². The molecule has 0 saturated carbocycles. The van der Waals surface area contributed by atoms with Gasteiger partial charge in [0.25, 0.3) is 5.91 Å². The molecule has 4 nitrogen and oxygen atoms in total. The van der Waals surface area contributed by atoms with Gasteiger partial charge in [-0.05, 0) is 31.1 Å². The molecule has 1 aromatic carbocycles. The smallest absolute Gasteiger partial charge is 0.303 e. The minimum atomic E-state index is -0.828. The number of rotatable bonds is 7. The molecule has 1 heterocycles. The molecule has 1 amide bonds. The van der Waals surface area contributed by atoms with Gasteiger partial charge in [-0.2, -0.15) is 0 Å². The maximum atomic E-state index is 13.8. The fourth-order valence-corrected chi connectivity index (χ4v) is 3.70. The summed E-state index contributed by atoms with van der Waals surface area (Å²) in [6.07, 6.45) is 3.45. The van der Waals surface area contributed by atoms with Crippen molar-refractivity contribution in [2.45, 2.75) is 25.7 Å². The number of carbonyl (C=O) groups excluding carboxylic acids is 1. The second-order valence-corrected chi connectivity index (χ2v) is 7.26. The third-order valence-corrected chi connectivity index (χ3v) is 5.13. The normalized spacial score (nSPS) is 16.2. The Hall–Kier alpha value is -1.44. The van der Waals surface area contributed by atoms with Gasteiger partial charge >= 0.3 is 5.97 Å². The Morgan fingerprint density at radius 1 is 1.38 bits per heavy atom. The minimum Gasteiger partial charge on any atom is -0.481 e. The van der Waals surface area contributed by atoms with Crippen molar-refractivity contribution in [2.24, 2.45) is 0 Å². The summed E-state index contributed by atoms with van der Waals surface area (Å²) in [5.74, 6) is -1.60. The molecule has 0 atom stereocenters. The maximum Gasteiger partial charge on any atom is 0.303 e. The summed E-state index contributed by atoms with van der Waals surface area (Å²) < 4.78 is 14.2. The maximum absolute atomic E-state index is 13.8. The molecule has 0 spiro atoms. The molecule has 24 heavy (non-hydrogen) atoms. The van der Waals surface area contributed by atoms with Crippen LogP contribution in [0.25, 0.3) is 6.08 Å². The first-order valence-corrected chi connectivity index (χ1v) is 8.91. The van der Waals surface area contributed by atoms with Crippen molar-refractivity contribution >= 4 is 57.9 Å². The van der Waals surface area contributed by atoms with E-state index in [9.17, 15) is 14.0 Å². The number of hydrogen-bond acceptors (Lipinski definition) is 4. The number of amides is 1. The molecule has 1 N–H and O–H groups in total. The van der Waals surface area contributed by atoms with Crippen molar-refractivity contribution in [3.05, 3.63) is 39.5 Å². The van der Waals surface area contributed by atoms with Crippen molar-refractivity contribution in [3.63, 3.8) is 0 Å². The number of thioether (sulfide) groups is 1. The molecule has 1 fully saturated rings. The van der Waals surface area contributed by atoms with E-state index in [0.29, 0.717) is 35.0 Å². The number of aliphatic carboxylic acids is 1. The van der Waals surface area contributed by atoms with Crippen LogP contribution in [0.15, 0.2) is 23.1 Å². The lowest BCUT2D eigenvalue weighted by atomic mass is 10.2. The molecule has 0 aromatic heterocycles. The summed E-state index contributed by atoms with van der Waals surface area (Å²) in [4.78, 5) is 24.7. The number of carbonyl (C=O) groups is 2. The van der Waals surface area contributed by atoms with E-state index in [1.165, 1.54) is 23.1 Å². The van der Waals surface area contributed by atoms with Gasteiger partial charge in [-0.15, -0.1) is 0 Å². The third kappa shape index (κ3) is 4.78. The van der Waals surface area contributed by atoms with E-state index in [0.717, 1.165) is 11.8 Å². The van der Waals surface area contributed by atoms with Crippen LogP contribution in [-0.2, 0) is 9.59 Å². The molecule has 1 aromatic rings. The zero-order valence-electron chi connectivity index (χ0n) is 12.6. The van der Waals surface area contributed by atoms with E-state index in [1.807, 2.05) is 0 Å². The van der Waals surface area contributed by atoms with E-state index in [-0.39, 0.29) is 22.9 Å². The van der Waals surface area contributed by atoms with Crippen molar-refractivity contribution in [3.8, 4) is 0 Å². The van der Waals surface area contributed by atoms with Crippen molar-refractivity contribution in [1.29, 1.82) is 0 Å². The lowest BCUT2D eigenvalue weighted by molar-refractivity contribution is -0.137. The first-order valence-electron chi connectivity index (χ1n) is 7.31. The van der Waals surface area contributed by atoms with Gasteiger partial charge in [-0.3, -0.25) is 14.5 Å². The molecular weight excluding hydrogens is 373 g/mol. The molecule has 0 bridgehead atoms. The van der Waals surface area contributed by atoms with Crippen LogP contribution in [0.2, 0.25) is 5.02 Å². The Morgan fingerprint density at radius 2 is 2.12 bits per heavy atom. The van der Waals surface area contributed by atoms with Gasteiger partial charge in [0.2, 0.25) is 0 Å². The first kappa shape index (κ1) is 18.9. The Bertz CT molecular complexity index is 688. The van der Waals surface area contributed by atoms with Gasteiger partial charge in [0.1, 0.15) is 10.1 Å². The van der Waals surface area contributed by atoms with Gasteiger partial charge in [-0.25, -0.2) is 4.39 Å². The predicted molar refractivity (Wildman–Crippen MR) is 97.4 cm³/mol. The molecular formula is C16H15ClFNO3S2. The highest BCUT2D eigenvalue weighted by atomic mass is 35.5. The molecule has 8 heteroatoms. The number of unbranched alkanes of at least 4 members (excludes halogenated alkanes) is 2. The fraction of sp³-hybridized carbons (Fsp3) is 0.312. The van der Waals surface area contributed by atoms with Crippen molar-refractivity contribution in [1.82, 2.24) is 4.90 Å². The molecule has 2 rings (SSSR count). The summed E-state index contributed by atoms with van der Waals surface area (Å²) in [6, 6.07) is 4.33. The fourth-order valence-electron chi connectivity index (χ4n) is 2.20. The van der Waals surface area contributed by atoms with Crippen LogP contribution in [0.3, 0.4) is 0 Å². The zero-order chi connectivity index (χ0) is 17.7. The number of nitrogens with zero attached hydrogens (tertiary/aromatic N) is 1. The van der Waals surface area contributed by atoms with Gasteiger partial charge in [0.05, 0.1) is 9.93 Å². The van der Waals surface area contributed by atoms with Crippen LogP contribution in [0.1, 0.15) is 31.2 Å². The van der Waals surface area contributed by atoms with Crippen LogP contribution in [0.5, 0.6) is 0 Å². The Labute approximate surface area is 153 Å². The molecule has 0 unspecified atom stereocenters. The minimum absolute atomic E-state index is 0.115. The number of hydrogen-bond donors (Lipinski definition) is 1. The van der Waals surface area contributed by atoms with Gasteiger partial charge in [-0.1, -0.05) is 48.1 Å². The third-order valence-electron chi connectivity index (χ3n) is 3.42. The summed E-state index contributed by atoms with van der Waals surface area (Å²) in [6.45, 7) is 0.423. The van der Waals surface area contributed by atoms with E-state index >= 15 is 0 Å². The average Bonchev–Trinajstić information content (AvgIpc) is 2.77. The second-order valence-electron chi connectivity index (χ2n) is 5.17. The Balaban J connectivity index is 2.01. The van der Waals surface area contributed by atoms with Crippen LogP contribution >= 0.6 is 35.6 Å². The molecule has 1 saturated heterocycles. The van der Waals surface area contributed by atoms with Crippen LogP contribution in [0, 0.1) is 5.82 Å². The molecule has 1 aliphatic heterocycles. The van der Waals surface area contributed by atoms with Crippen LogP contribution in [0.4, 0.5) is 4.39 Å². The van der Waals surface area contributed by atoms with Crippen LogP contribution < -0.4 is 0 Å². The molecule has 0 radical (unpaired) electrons. The highest BCUT2D eigenvalue weighted by Gasteiger charge is 2.31. The quantitative estimate of drug-likeness (QED) is 0.429. The lowest BCUT2D eigenvalue weighted by Gasteiger charge is -2.13. The van der Waals surface area contributed by atoms with Gasteiger partial charge in [0, 0.05) is 18.5 Å². The Kier molecular flexibility index (Phi) is 6.77. The highest BCUT2D eigenvalue weighted by Crippen LogP contribution is 2.34. The zero-order valence-corrected chi connectivity index (χ0v) is 15.0. The van der Waals surface area contributed by atoms with Crippen LogP contribution in [-0.4, -0.2) is 32.7 Å². The molecule has 128 valence electrons. The topological polar surface area (TPSA) is 57.6 Å². The average molecular weight is 388 g/mol. The highest BCUT2D eigenvalue weighted by molar-refractivity contribution is 8.26. The van der Waals surface area contributed by atoms with E-state index < -0.39 is 11.8 Å². The SMILES string of the molecule is O=C(O)CCCCCN1C(=O)C(=Cc2c(F)cccc2Cl)SC1=S. The number of halogens is 2. The molecule has 1 aliphatic rings. The number of carboxylic acids is 1. The van der Waals surface area contributed by atoms with Crippen molar-refractivity contribution in [2.75, 3.05) is 6.54 Å². The largest absolute Gasteiger partial charge is 0.481 e. The summed E-state index contributed by atoms with van der Waals surface area (Å²) >= 11 is 12.3. The Morgan fingerprint density at radius 3 is 2.79 bits per heavy atom. The number of benzene rings is 1. The number of carboxylic acid groups (broad SMARTS) is 1. The van der Waals surface area contributed by atoms with E-state index in [2.05, 4.69) is 0 Å². The monoisotopic (exact) mass is 387 g/mol. The summed E-state index contributed by atoms with van der Waals surface area (Å²) in [7, 11) is 0. The first-order chi connectivity index (χ1) is 11.4. The molecule has 0 aliphatic carbocycles. The van der Waals surface area contributed by atoms with Gasteiger partial charge in [0.15, 0.2) is 0 Å². The summed E-state index contributed by atoms with van der Waals surface area (Å²) in [5, 5.41) is 8.82. The summed E-state index contributed by atoms with van der Waals surface area (Å²) in [5.41, 5.74) is 0.168.